The Morgan fingerprint density at radius 3 is 1.48 bits per heavy atom. The maximum Gasteiger partial charge on any atom is 0.307 e. The van der Waals surface area contributed by atoms with E-state index in [1.54, 1.807) is 24.0 Å². The molecule has 2 unspecified atom stereocenters. The van der Waals surface area contributed by atoms with Crippen LogP contribution in [-0.2, 0) is 88.2 Å². The molecule has 0 spiro atoms. The molecule has 4 aromatic rings. The summed E-state index contributed by atoms with van der Waals surface area (Å²) in [5.74, 6) is 2.22. The number of methoxy groups -OCH3 is 2. The van der Waals surface area contributed by atoms with Gasteiger partial charge in [0.1, 0.15) is 46.8 Å². The van der Waals surface area contributed by atoms with Crippen molar-refractivity contribution in [2.75, 3.05) is 27.3 Å². The van der Waals surface area contributed by atoms with E-state index in [1.165, 1.54) is 6.42 Å². The molecule has 14 atom stereocenters. The normalized spacial score (nSPS) is 32.2. The number of aryl methyl sites for hydroxylation is 2. The predicted octanol–water partition coefficient (Wildman–Crippen LogP) is 12.5. The first kappa shape index (κ1) is 71.5. The Kier molecular flexibility index (Phi) is 24.6. The summed E-state index contributed by atoms with van der Waals surface area (Å²) < 4.78 is 36.8. The van der Waals surface area contributed by atoms with Crippen molar-refractivity contribution in [2.45, 2.75) is 243 Å². The molecule has 2 aromatic carbocycles. The smallest absolute Gasteiger partial charge is 0.307 e. The minimum Gasteiger partial charge on any atom is -0.540 e. The summed E-state index contributed by atoms with van der Waals surface area (Å²) in [6, 6.07) is 9.85. The van der Waals surface area contributed by atoms with E-state index in [1.807, 2.05) is 50.2 Å². The molecular formula is C74H98N6O12V2-2. The van der Waals surface area contributed by atoms with Crippen molar-refractivity contribution in [3.8, 4) is 23.3 Å². The Hall–Kier alpha value is -5.29. The van der Waals surface area contributed by atoms with E-state index in [9.17, 15) is 28.8 Å². The number of benzene rings is 2. The summed E-state index contributed by atoms with van der Waals surface area (Å²) >= 11 is 0. The van der Waals surface area contributed by atoms with Crippen LogP contribution in [0.25, 0.3) is 22.1 Å². The van der Waals surface area contributed by atoms with Gasteiger partial charge >= 0.3 is 11.9 Å². The third-order valence-electron chi connectivity index (χ3n) is 23.3. The monoisotopic (exact) mass is 1360 g/mol. The number of fused-ring (bicyclic) bond motifs is 12. The van der Waals surface area contributed by atoms with E-state index >= 15 is 0 Å². The zero-order valence-corrected chi connectivity index (χ0v) is 58.8. The van der Waals surface area contributed by atoms with Crippen LogP contribution in [0.2, 0.25) is 0 Å². The number of esters is 2. The van der Waals surface area contributed by atoms with Gasteiger partial charge in [-0.25, -0.2) is 32.5 Å². The Balaban J connectivity index is 0.000000201. The van der Waals surface area contributed by atoms with Gasteiger partial charge in [-0.15, -0.1) is 0 Å². The second-order valence-corrected chi connectivity index (χ2v) is 28.8. The van der Waals surface area contributed by atoms with Gasteiger partial charge in [0.15, 0.2) is 0 Å². The number of ether oxygens (including phenoxy) is 6. The number of carbonyl (C=O) groups is 4. The average molecular weight is 1370 g/mol. The molecule has 5 saturated carbocycles. The largest absolute Gasteiger partial charge is 0.540 e. The number of rotatable bonds is 8. The third-order valence-corrected chi connectivity index (χ3v) is 23.3. The minimum atomic E-state index is -0.750. The molecule has 7 fully saturated rings. The Labute approximate surface area is 579 Å². The number of hydrogen-bond acceptors (Lipinski definition) is 16. The SMILES string of the molecule is CC[C@@H]1[C@@H]2CN(C(=O)[C@H](C3CCCCC3)CC(=O)O[C@@H]3CC4CC4[C@H]3CCCCCc3nc4ccc(OC)cc4nc3O2)[C@@H]1[C-]=O.CC[C@@H]1[C@@H]2CN(C(=O)[C@H](C3CCCCC3)CC(=O)O[C@]3(C)CCC[C@H]3CCCCCc3nc4ccc(OC)cc4nc3O2)[C@@H]1[C-]=O.[V].[V]. The van der Waals surface area contributed by atoms with Crippen LogP contribution >= 0.6 is 0 Å². The summed E-state index contributed by atoms with van der Waals surface area (Å²) in [5, 5.41) is 0. The molecule has 0 N–H and O–H groups in total. The number of hydrogen-bond donors (Lipinski definition) is 0. The maximum absolute atomic E-state index is 14.5. The summed E-state index contributed by atoms with van der Waals surface area (Å²) in [6.07, 6.45) is 29.7. The van der Waals surface area contributed by atoms with Crippen LogP contribution < -0.4 is 18.9 Å². The van der Waals surface area contributed by atoms with Gasteiger partial charge in [0.25, 0.3) is 0 Å². The van der Waals surface area contributed by atoms with E-state index in [2.05, 4.69) is 19.5 Å². The van der Waals surface area contributed by atoms with Crippen LogP contribution in [0, 0.1) is 59.2 Å². The van der Waals surface area contributed by atoms with Gasteiger partial charge in [0, 0.05) is 49.2 Å². The van der Waals surface area contributed by atoms with Gasteiger partial charge in [-0.05, 0) is 175 Å². The first-order chi connectivity index (χ1) is 44.8. The van der Waals surface area contributed by atoms with Crippen molar-refractivity contribution < 1.29 is 94.3 Å². The van der Waals surface area contributed by atoms with Crippen LogP contribution in [0.15, 0.2) is 36.4 Å². The molecule has 2 amide bonds. The van der Waals surface area contributed by atoms with Gasteiger partial charge in [-0.2, -0.15) is 0 Å². The molecule has 2 saturated heterocycles. The third kappa shape index (κ3) is 15.8. The fourth-order valence-electron chi connectivity index (χ4n) is 18.0. The van der Waals surface area contributed by atoms with Crippen molar-refractivity contribution in [2.24, 2.45) is 59.2 Å². The molecule has 9 aliphatic rings. The molecule has 18 nitrogen and oxygen atoms in total. The molecule has 94 heavy (non-hydrogen) atoms. The van der Waals surface area contributed by atoms with Crippen LogP contribution in [0.3, 0.4) is 0 Å². The van der Waals surface area contributed by atoms with E-state index in [0.717, 1.165) is 170 Å². The molecular weight excluding hydrogens is 1270 g/mol. The van der Waals surface area contributed by atoms with Gasteiger partial charge in [0.2, 0.25) is 23.6 Å². The Bertz CT molecular complexity index is 3190. The number of carbonyl (C=O) groups excluding carboxylic acids is 6. The fourth-order valence-corrected chi connectivity index (χ4v) is 18.0. The summed E-state index contributed by atoms with van der Waals surface area (Å²) in [7, 11) is 3.25. The van der Waals surface area contributed by atoms with E-state index in [4.69, 9.17) is 48.4 Å². The van der Waals surface area contributed by atoms with Crippen molar-refractivity contribution in [1.82, 2.24) is 29.7 Å². The second-order valence-electron chi connectivity index (χ2n) is 28.8. The van der Waals surface area contributed by atoms with Crippen LogP contribution in [0.1, 0.15) is 206 Å². The Morgan fingerprint density at radius 1 is 0.521 bits per heavy atom. The molecule has 2 aromatic heterocycles. The molecule has 5 aliphatic carbocycles. The average Bonchev–Trinajstić information content (AvgIpc) is 1.58. The van der Waals surface area contributed by atoms with Gasteiger partial charge in [-0.3, -0.25) is 19.2 Å². The molecule has 2 radical (unpaired) electrons. The van der Waals surface area contributed by atoms with Crippen molar-refractivity contribution >= 4 is 58.4 Å². The molecule has 6 heterocycles. The van der Waals surface area contributed by atoms with E-state index in [-0.39, 0.29) is 117 Å². The zero-order chi connectivity index (χ0) is 64.0. The van der Waals surface area contributed by atoms with Gasteiger partial charge < -0.3 is 47.8 Å². The van der Waals surface area contributed by atoms with E-state index < -0.39 is 41.7 Å². The van der Waals surface area contributed by atoms with Crippen LogP contribution in [0.5, 0.6) is 23.3 Å². The molecule has 4 aliphatic heterocycles. The first-order valence-electron chi connectivity index (χ1n) is 35.6. The first-order valence-corrected chi connectivity index (χ1v) is 35.6. The van der Waals surface area contributed by atoms with Crippen molar-refractivity contribution in [3.05, 3.63) is 47.8 Å². The second kappa shape index (κ2) is 32.4. The summed E-state index contributed by atoms with van der Waals surface area (Å²) in [6.45, 7) is 6.62. The quantitative estimate of drug-likeness (QED) is 0.118. The predicted molar refractivity (Wildman–Crippen MR) is 346 cm³/mol. The summed E-state index contributed by atoms with van der Waals surface area (Å²) in [5.41, 5.74) is 4.02. The maximum atomic E-state index is 14.5. The number of amides is 2. The fraction of sp³-hybridized carbons (Fsp3) is 0.703. The topological polar surface area (TPSA) is 216 Å². The molecule has 20 heteroatoms. The number of nitrogens with zero attached hydrogens (tertiary/aromatic N) is 6. The van der Waals surface area contributed by atoms with Crippen LogP contribution in [0.4, 0.5) is 0 Å². The van der Waals surface area contributed by atoms with E-state index in [0.29, 0.717) is 77.2 Å². The Morgan fingerprint density at radius 2 is 0.989 bits per heavy atom. The van der Waals surface area contributed by atoms with Gasteiger partial charge in [-0.1, -0.05) is 103 Å². The summed E-state index contributed by atoms with van der Waals surface area (Å²) in [4.78, 5) is 105. The standard InChI is InChI=1S/C37H48N3O6.C37H50N3O6.2V/c1-3-25-32(21-41)40-20-34(25)46-36-30(38-29-15-14-24(44-2)18-31(29)39-36)13-9-5-8-12-26-27-16-23(27)17-33(26)45-35(42)19-28(37(40)43)22-10-6-4-7-11-22;1-4-27-32(23-41)40-22-33(27)45-35-30(38-29-18-17-26(44-3)20-31(29)39-35)16-10-6-9-14-25-15-11-19-37(25,2)46-34(42)21-28(36(40)43)24-12-7-5-8-13-24;;/h14-15,18,22-23,25-28,32-34H,3-13,16-17,19-20H2,1-2H3;17-18,20,24-25,27-28,32-33H,4-16,19,21-22H2,1-3H3;;/q2*-1;;/t23?,25-,26+,27?,28-,32+,33+,34-;25-,27+,28+,32-,33+,37-;;/m01../s1. The zero-order valence-electron chi connectivity index (χ0n) is 56.0. The molecule has 4 bridgehead atoms. The van der Waals surface area contributed by atoms with Crippen molar-refractivity contribution in [1.29, 1.82) is 0 Å². The van der Waals surface area contributed by atoms with Crippen LogP contribution in [-0.4, -0.2) is 129 Å². The number of aromatic nitrogens is 4. The minimum absolute atomic E-state index is 0. The van der Waals surface area contributed by atoms with Crippen molar-refractivity contribution in [3.63, 3.8) is 0 Å². The molecule has 13 rings (SSSR count). The van der Waals surface area contributed by atoms with Gasteiger partial charge in [0.05, 0.1) is 74.1 Å². The molecule has 508 valence electrons.